The van der Waals surface area contributed by atoms with E-state index in [1.807, 2.05) is 6.20 Å². The van der Waals surface area contributed by atoms with Crippen LogP contribution in [-0.4, -0.2) is 35.1 Å². The molecular weight excluding hydrogens is 258 g/mol. The molecule has 0 saturated carbocycles. The third kappa shape index (κ3) is 2.40. The van der Waals surface area contributed by atoms with Crippen molar-refractivity contribution in [2.24, 2.45) is 0 Å². The highest BCUT2D eigenvalue weighted by Gasteiger charge is 2.36. The van der Waals surface area contributed by atoms with E-state index in [4.69, 9.17) is 0 Å². The fourth-order valence-electron chi connectivity index (χ4n) is 4.16. The standard InChI is InChI=1S/C18H23N3/c1-21-15-6-4-7-16(21)12-14(11-15)20-18-17-8-3-2-5-13(17)9-10-19-18/h2-3,5,8-10,14-16H,4,6-7,11-12H2,1H3,(H,19,20). The molecule has 0 amide bonds. The monoisotopic (exact) mass is 281 g/mol. The summed E-state index contributed by atoms with van der Waals surface area (Å²) in [5.74, 6) is 1.06. The molecule has 2 aromatic rings. The van der Waals surface area contributed by atoms with Gasteiger partial charge in [0.1, 0.15) is 5.82 Å². The van der Waals surface area contributed by atoms with Crippen LogP contribution in [-0.2, 0) is 0 Å². The Morgan fingerprint density at radius 1 is 1.10 bits per heavy atom. The molecule has 0 spiro atoms. The number of aromatic nitrogens is 1. The van der Waals surface area contributed by atoms with E-state index in [0.29, 0.717) is 6.04 Å². The first-order valence-electron chi connectivity index (χ1n) is 8.13. The number of anilines is 1. The van der Waals surface area contributed by atoms with E-state index >= 15 is 0 Å². The Balaban J connectivity index is 1.58. The first kappa shape index (κ1) is 13.1. The fourth-order valence-corrected chi connectivity index (χ4v) is 4.16. The van der Waals surface area contributed by atoms with Gasteiger partial charge in [-0.2, -0.15) is 0 Å². The van der Waals surface area contributed by atoms with Gasteiger partial charge in [0.05, 0.1) is 0 Å². The van der Waals surface area contributed by atoms with Gasteiger partial charge in [0.25, 0.3) is 0 Å². The van der Waals surface area contributed by atoms with Crippen LogP contribution in [0.3, 0.4) is 0 Å². The SMILES string of the molecule is CN1C2CCCC1CC(Nc1nccc3ccccc13)C2. The summed E-state index contributed by atoms with van der Waals surface area (Å²) in [6.45, 7) is 0. The molecule has 1 N–H and O–H groups in total. The summed E-state index contributed by atoms with van der Waals surface area (Å²) in [6.07, 6.45) is 8.53. The zero-order valence-electron chi connectivity index (χ0n) is 12.6. The Labute approximate surface area is 126 Å². The van der Waals surface area contributed by atoms with Crippen molar-refractivity contribution in [3.63, 3.8) is 0 Å². The number of nitrogens with one attached hydrogen (secondary N) is 1. The second-order valence-corrected chi connectivity index (χ2v) is 6.60. The maximum absolute atomic E-state index is 4.59. The number of piperidine rings is 2. The molecule has 3 heterocycles. The summed E-state index contributed by atoms with van der Waals surface area (Å²) in [5, 5.41) is 6.24. The lowest BCUT2D eigenvalue weighted by atomic mass is 9.82. The van der Waals surface area contributed by atoms with Gasteiger partial charge in [0.2, 0.25) is 0 Å². The van der Waals surface area contributed by atoms with Gasteiger partial charge in [0.15, 0.2) is 0 Å². The van der Waals surface area contributed by atoms with Gasteiger partial charge >= 0.3 is 0 Å². The minimum atomic E-state index is 0.565. The third-order valence-corrected chi connectivity index (χ3v) is 5.35. The van der Waals surface area contributed by atoms with Gasteiger partial charge in [-0.05, 0) is 44.2 Å². The van der Waals surface area contributed by atoms with Gasteiger partial charge in [-0.1, -0.05) is 30.7 Å². The van der Waals surface area contributed by atoms with Gasteiger partial charge in [-0.25, -0.2) is 4.98 Å². The van der Waals surface area contributed by atoms with E-state index in [0.717, 1.165) is 17.9 Å². The van der Waals surface area contributed by atoms with E-state index in [1.165, 1.54) is 42.9 Å². The normalized spacial score (nSPS) is 29.5. The van der Waals surface area contributed by atoms with E-state index in [1.54, 1.807) is 0 Å². The lowest BCUT2D eigenvalue weighted by molar-refractivity contribution is 0.0608. The molecule has 3 nitrogen and oxygen atoms in total. The smallest absolute Gasteiger partial charge is 0.134 e. The van der Waals surface area contributed by atoms with Crippen molar-refractivity contribution < 1.29 is 0 Å². The molecule has 2 aliphatic rings. The molecule has 21 heavy (non-hydrogen) atoms. The van der Waals surface area contributed by atoms with Crippen LogP contribution in [0.15, 0.2) is 36.5 Å². The third-order valence-electron chi connectivity index (χ3n) is 5.35. The molecule has 2 unspecified atom stereocenters. The van der Waals surface area contributed by atoms with Crippen LogP contribution in [0.4, 0.5) is 5.82 Å². The average Bonchev–Trinajstić information content (AvgIpc) is 2.49. The van der Waals surface area contributed by atoms with Crippen LogP contribution in [0.2, 0.25) is 0 Å². The topological polar surface area (TPSA) is 28.2 Å². The van der Waals surface area contributed by atoms with Crippen LogP contribution in [0.1, 0.15) is 32.1 Å². The Morgan fingerprint density at radius 3 is 2.67 bits per heavy atom. The van der Waals surface area contributed by atoms with Crippen molar-refractivity contribution in [3.05, 3.63) is 36.5 Å². The highest BCUT2D eigenvalue weighted by Crippen LogP contribution is 2.34. The van der Waals surface area contributed by atoms with Crippen molar-refractivity contribution in [2.45, 2.75) is 50.2 Å². The lowest BCUT2D eigenvalue weighted by Crippen LogP contribution is -2.52. The van der Waals surface area contributed by atoms with Crippen molar-refractivity contribution in [3.8, 4) is 0 Å². The predicted octanol–water partition coefficient (Wildman–Crippen LogP) is 3.66. The van der Waals surface area contributed by atoms with E-state index in [-0.39, 0.29) is 0 Å². The zero-order chi connectivity index (χ0) is 14.2. The van der Waals surface area contributed by atoms with E-state index in [2.05, 4.69) is 52.6 Å². The molecule has 0 radical (unpaired) electrons. The van der Waals surface area contributed by atoms with Gasteiger partial charge < -0.3 is 10.2 Å². The molecular formula is C18H23N3. The number of benzene rings is 1. The fraction of sp³-hybridized carbons (Fsp3) is 0.500. The highest BCUT2D eigenvalue weighted by atomic mass is 15.2. The summed E-state index contributed by atoms with van der Waals surface area (Å²) < 4.78 is 0. The van der Waals surface area contributed by atoms with Crippen LogP contribution < -0.4 is 5.32 Å². The Bertz CT molecular complexity index is 620. The minimum absolute atomic E-state index is 0.565. The highest BCUT2D eigenvalue weighted by molar-refractivity contribution is 5.91. The average molecular weight is 281 g/mol. The summed E-state index contributed by atoms with van der Waals surface area (Å²) in [7, 11) is 2.31. The summed E-state index contributed by atoms with van der Waals surface area (Å²) in [6, 6.07) is 12.7. The zero-order valence-corrected chi connectivity index (χ0v) is 12.6. The number of hydrogen-bond donors (Lipinski definition) is 1. The van der Waals surface area contributed by atoms with Crippen molar-refractivity contribution >= 4 is 16.6 Å². The molecule has 0 aliphatic carbocycles. The molecule has 1 aromatic heterocycles. The predicted molar refractivity (Wildman–Crippen MR) is 87.6 cm³/mol. The number of fused-ring (bicyclic) bond motifs is 3. The molecule has 2 aliphatic heterocycles. The maximum Gasteiger partial charge on any atom is 0.134 e. The van der Waals surface area contributed by atoms with Crippen molar-refractivity contribution in [1.82, 2.24) is 9.88 Å². The first-order chi connectivity index (χ1) is 10.3. The first-order valence-corrected chi connectivity index (χ1v) is 8.13. The second kappa shape index (κ2) is 5.30. The van der Waals surface area contributed by atoms with Crippen LogP contribution in [0, 0.1) is 0 Å². The van der Waals surface area contributed by atoms with Crippen molar-refractivity contribution in [1.29, 1.82) is 0 Å². The maximum atomic E-state index is 4.59. The molecule has 2 fully saturated rings. The van der Waals surface area contributed by atoms with Gasteiger partial charge in [-0.15, -0.1) is 0 Å². The van der Waals surface area contributed by atoms with Crippen molar-refractivity contribution in [2.75, 3.05) is 12.4 Å². The quantitative estimate of drug-likeness (QED) is 0.910. The molecule has 3 heteroatoms. The summed E-state index contributed by atoms with van der Waals surface area (Å²) in [4.78, 5) is 7.20. The molecule has 2 bridgehead atoms. The second-order valence-electron chi connectivity index (χ2n) is 6.60. The lowest BCUT2D eigenvalue weighted by Gasteiger charge is -2.47. The van der Waals surface area contributed by atoms with Crippen LogP contribution in [0.25, 0.3) is 10.8 Å². The molecule has 2 saturated heterocycles. The van der Waals surface area contributed by atoms with Gasteiger partial charge in [0, 0.05) is 29.7 Å². The summed E-state index contributed by atoms with van der Waals surface area (Å²) >= 11 is 0. The Morgan fingerprint density at radius 2 is 1.86 bits per heavy atom. The molecule has 1 aromatic carbocycles. The number of nitrogens with zero attached hydrogens (tertiary/aromatic N) is 2. The van der Waals surface area contributed by atoms with Crippen LogP contribution in [0.5, 0.6) is 0 Å². The molecule has 2 atom stereocenters. The molecule has 110 valence electrons. The van der Waals surface area contributed by atoms with E-state index < -0.39 is 0 Å². The number of hydrogen-bond acceptors (Lipinski definition) is 3. The Hall–Kier alpha value is -1.61. The molecule has 4 rings (SSSR count). The van der Waals surface area contributed by atoms with Crippen LogP contribution >= 0.6 is 0 Å². The number of rotatable bonds is 2. The van der Waals surface area contributed by atoms with Gasteiger partial charge in [-0.3, -0.25) is 0 Å². The van der Waals surface area contributed by atoms with E-state index in [9.17, 15) is 0 Å². The Kier molecular flexibility index (Phi) is 3.30. The largest absolute Gasteiger partial charge is 0.367 e. The minimum Gasteiger partial charge on any atom is -0.367 e. The number of pyridine rings is 1. The summed E-state index contributed by atoms with van der Waals surface area (Å²) in [5.41, 5.74) is 0.